The standard InChI is InChI=1S/C13H25ClN4/c1-9-12(14)10(18(7)16-9)8-11(15-4)13(2,3)17(5)6/h11,15H,8H2,1-7H3. The molecule has 0 bridgehead atoms. The fourth-order valence-electron chi connectivity index (χ4n) is 2.11. The number of rotatable bonds is 5. The van der Waals surface area contributed by atoms with Crippen molar-refractivity contribution in [2.45, 2.75) is 38.8 Å². The number of aryl methyl sites for hydroxylation is 2. The van der Waals surface area contributed by atoms with E-state index in [0.29, 0.717) is 6.04 Å². The Balaban J connectivity index is 3.00. The maximum absolute atomic E-state index is 6.32. The van der Waals surface area contributed by atoms with Crippen LogP contribution in [0.4, 0.5) is 0 Å². The van der Waals surface area contributed by atoms with Crippen LogP contribution in [0.15, 0.2) is 0 Å². The predicted molar refractivity (Wildman–Crippen MR) is 77.3 cm³/mol. The molecule has 0 saturated heterocycles. The summed E-state index contributed by atoms with van der Waals surface area (Å²) in [6.45, 7) is 6.40. The van der Waals surface area contributed by atoms with Crippen LogP contribution in [0.25, 0.3) is 0 Å². The maximum Gasteiger partial charge on any atom is 0.0847 e. The summed E-state index contributed by atoms with van der Waals surface area (Å²) in [7, 11) is 8.14. The molecule has 1 unspecified atom stereocenters. The predicted octanol–water partition coefficient (Wildman–Crippen LogP) is 1.85. The number of likely N-dealkylation sites (N-methyl/N-ethyl adjacent to an activating group) is 2. The normalized spacial score (nSPS) is 14.3. The van der Waals surface area contributed by atoms with Gasteiger partial charge in [0.05, 0.1) is 16.4 Å². The number of aromatic nitrogens is 2. The molecular formula is C13H25ClN4. The van der Waals surface area contributed by atoms with Gasteiger partial charge in [0.25, 0.3) is 0 Å². The Morgan fingerprint density at radius 3 is 2.33 bits per heavy atom. The van der Waals surface area contributed by atoms with Crippen molar-refractivity contribution in [1.82, 2.24) is 20.0 Å². The van der Waals surface area contributed by atoms with Gasteiger partial charge in [-0.1, -0.05) is 11.6 Å². The van der Waals surface area contributed by atoms with Crippen molar-refractivity contribution in [2.75, 3.05) is 21.1 Å². The summed E-state index contributed by atoms with van der Waals surface area (Å²) in [5.41, 5.74) is 2.02. The van der Waals surface area contributed by atoms with Gasteiger partial charge in [0, 0.05) is 25.0 Å². The van der Waals surface area contributed by atoms with E-state index < -0.39 is 0 Å². The molecule has 0 aromatic carbocycles. The molecule has 0 saturated carbocycles. The summed E-state index contributed by atoms with van der Waals surface area (Å²) in [5, 5.41) is 8.55. The molecule has 1 aromatic rings. The van der Waals surface area contributed by atoms with Gasteiger partial charge < -0.3 is 10.2 Å². The number of halogens is 1. The third-order valence-electron chi connectivity index (χ3n) is 4.01. The van der Waals surface area contributed by atoms with Crippen molar-refractivity contribution >= 4 is 11.6 Å². The third kappa shape index (κ3) is 2.87. The lowest BCUT2D eigenvalue weighted by molar-refractivity contribution is 0.140. The van der Waals surface area contributed by atoms with E-state index in [9.17, 15) is 0 Å². The first kappa shape index (κ1) is 15.5. The zero-order valence-electron chi connectivity index (χ0n) is 12.5. The average Bonchev–Trinajstić information content (AvgIpc) is 2.50. The van der Waals surface area contributed by atoms with E-state index in [-0.39, 0.29) is 5.54 Å². The van der Waals surface area contributed by atoms with Crippen LogP contribution >= 0.6 is 11.6 Å². The molecule has 0 aliphatic carbocycles. The van der Waals surface area contributed by atoms with Crippen LogP contribution in [0.5, 0.6) is 0 Å². The van der Waals surface area contributed by atoms with E-state index >= 15 is 0 Å². The average molecular weight is 273 g/mol. The molecule has 0 aliphatic heterocycles. The quantitative estimate of drug-likeness (QED) is 0.888. The van der Waals surface area contributed by atoms with E-state index in [4.69, 9.17) is 11.6 Å². The van der Waals surface area contributed by atoms with E-state index in [1.54, 1.807) is 0 Å². The van der Waals surface area contributed by atoms with E-state index in [2.05, 4.69) is 43.3 Å². The second-order valence-corrected chi connectivity index (χ2v) is 5.94. The van der Waals surface area contributed by atoms with Crippen molar-refractivity contribution < 1.29 is 0 Å². The fraction of sp³-hybridized carbons (Fsp3) is 0.769. The highest BCUT2D eigenvalue weighted by atomic mass is 35.5. The molecule has 0 radical (unpaired) electrons. The molecule has 0 fully saturated rings. The highest BCUT2D eigenvalue weighted by Crippen LogP contribution is 2.25. The molecule has 5 heteroatoms. The van der Waals surface area contributed by atoms with Gasteiger partial charge in [0.15, 0.2) is 0 Å². The first-order chi connectivity index (χ1) is 8.21. The molecule has 0 spiro atoms. The monoisotopic (exact) mass is 272 g/mol. The molecule has 1 N–H and O–H groups in total. The summed E-state index contributed by atoms with van der Waals surface area (Å²) in [6, 6.07) is 0.305. The summed E-state index contributed by atoms with van der Waals surface area (Å²) in [5.74, 6) is 0. The Morgan fingerprint density at radius 1 is 1.44 bits per heavy atom. The summed E-state index contributed by atoms with van der Waals surface area (Å²) < 4.78 is 1.88. The molecule has 18 heavy (non-hydrogen) atoms. The molecule has 0 aliphatic rings. The van der Waals surface area contributed by atoms with Gasteiger partial charge in [-0.15, -0.1) is 0 Å². The first-order valence-corrected chi connectivity index (χ1v) is 6.62. The zero-order chi connectivity index (χ0) is 14.1. The minimum Gasteiger partial charge on any atom is -0.315 e. The third-order valence-corrected chi connectivity index (χ3v) is 4.50. The van der Waals surface area contributed by atoms with E-state index in [0.717, 1.165) is 22.8 Å². The second kappa shape index (κ2) is 5.59. The number of nitrogens with one attached hydrogen (secondary N) is 1. The molecule has 1 rings (SSSR count). The van der Waals surface area contributed by atoms with Crippen molar-refractivity contribution in [3.05, 3.63) is 16.4 Å². The zero-order valence-corrected chi connectivity index (χ0v) is 13.3. The summed E-state index contributed by atoms with van der Waals surface area (Å²) in [6.07, 6.45) is 0.859. The lowest BCUT2D eigenvalue weighted by atomic mass is 9.89. The van der Waals surface area contributed by atoms with Gasteiger partial charge in [0.2, 0.25) is 0 Å². The Bertz CT molecular complexity index is 409. The summed E-state index contributed by atoms with van der Waals surface area (Å²) in [4.78, 5) is 2.23. The van der Waals surface area contributed by atoms with Crippen LogP contribution in [0, 0.1) is 6.92 Å². The van der Waals surface area contributed by atoms with Gasteiger partial charge in [-0.05, 0) is 41.9 Å². The highest BCUT2D eigenvalue weighted by molar-refractivity contribution is 6.31. The van der Waals surface area contributed by atoms with E-state index in [1.165, 1.54) is 0 Å². The van der Waals surface area contributed by atoms with Crippen LogP contribution in [0.3, 0.4) is 0 Å². The van der Waals surface area contributed by atoms with Crippen molar-refractivity contribution in [1.29, 1.82) is 0 Å². The van der Waals surface area contributed by atoms with Gasteiger partial charge in [-0.3, -0.25) is 4.68 Å². The van der Waals surface area contributed by atoms with Gasteiger partial charge in [0.1, 0.15) is 0 Å². The van der Waals surface area contributed by atoms with Crippen molar-refractivity contribution in [3.8, 4) is 0 Å². The van der Waals surface area contributed by atoms with Crippen molar-refractivity contribution in [2.24, 2.45) is 7.05 Å². The van der Waals surface area contributed by atoms with Crippen LogP contribution in [-0.2, 0) is 13.5 Å². The first-order valence-electron chi connectivity index (χ1n) is 6.24. The minimum absolute atomic E-state index is 0.0380. The van der Waals surface area contributed by atoms with Crippen LogP contribution in [0.1, 0.15) is 25.2 Å². The van der Waals surface area contributed by atoms with Crippen LogP contribution < -0.4 is 5.32 Å². The summed E-state index contributed by atoms with van der Waals surface area (Å²) >= 11 is 6.32. The molecule has 1 heterocycles. The van der Waals surface area contributed by atoms with Crippen molar-refractivity contribution in [3.63, 3.8) is 0 Å². The second-order valence-electron chi connectivity index (χ2n) is 5.56. The lowest BCUT2D eigenvalue weighted by Crippen LogP contribution is -2.55. The highest BCUT2D eigenvalue weighted by Gasteiger charge is 2.32. The molecular weight excluding hydrogens is 248 g/mol. The SMILES string of the molecule is CNC(Cc1c(Cl)c(C)nn1C)C(C)(C)N(C)C. The number of hydrogen-bond donors (Lipinski definition) is 1. The molecule has 0 amide bonds. The number of nitrogens with zero attached hydrogens (tertiary/aromatic N) is 3. The molecule has 4 nitrogen and oxygen atoms in total. The largest absolute Gasteiger partial charge is 0.315 e. The molecule has 1 aromatic heterocycles. The van der Waals surface area contributed by atoms with Gasteiger partial charge in [-0.2, -0.15) is 5.10 Å². The Kier molecular flexibility index (Phi) is 4.81. The number of hydrogen-bond acceptors (Lipinski definition) is 3. The smallest absolute Gasteiger partial charge is 0.0847 e. The topological polar surface area (TPSA) is 33.1 Å². The Labute approximate surface area is 115 Å². The molecule has 1 atom stereocenters. The Hall–Kier alpha value is -0.580. The van der Waals surface area contributed by atoms with Crippen LogP contribution in [0.2, 0.25) is 5.02 Å². The molecule has 104 valence electrons. The lowest BCUT2D eigenvalue weighted by Gasteiger charge is -2.40. The van der Waals surface area contributed by atoms with E-state index in [1.807, 2.05) is 25.7 Å². The minimum atomic E-state index is 0.0380. The van der Waals surface area contributed by atoms with Gasteiger partial charge in [-0.25, -0.2) is 0 Å². The van der Waals surface area contributed by atoms with Gasteiger partial charge >= 0.3 is 0 Å². The Morgan fingerprint density at radius 2 is 2.00 bits per heavy atom. The van der Waals surface area contributed by atoms with Crippen LogP contribution in [-0.4, -0.2) is 47.4 Å². The maximum atomic E-state index is 6.32. The fourth-order valence-corrected chi connectivity index (χ4v) is 2.35.